The maximum absolute atomic E-state index is 12.4. The van der Waals surface area contributed by atoms with Gasteiger partial charge in [-0.3, -0.25) is 4.79 Å². The minimum Gasteiger partial charge on any atom is -0.451 e. The molecule has 0 atom stereocenters. The van der Waals surface area contributed by atoms with Gasteiger partial charge in [0.2, 0.25) is 0 Å². The van der Waals surface area contributed by atoms with Crippen LogP contribution in [-0.4, -0.2) is 15.5 Å². The SMILES string of the molecule is Cn1c(CNC(=O)c2ccc(-c3cccc(Cl)c3Cl)o2)nc2ccccc21. The molecule has 27 heavy (non-hydrogen) atoms. The maximum atomic E-state index is 12.4. The first kappa shape index (κ1) is 17.6. The van der Waals surface area contributed by atoms with Gasteiger partial charge < -0.3 is 14.3 Å². The number of carbonyl (C=O) groups is 1. The molecule has 0 fully saturated rings. The van der Waals surface area contributed by atoms with Crippen molar-refractivity contribution in [2.45, 2.75) is 6.54 Å². The van der Waals surface area contributed by atoms with Crippen LogP contribution in [0, 0.1) is 0 Å². The number of nitrogens with one attached hydrogen (secondary N) is 1. The Morgan fingerprint density at radius 2 is 1.93 bits per heavy atom. The molecule has 1 amide bonds. The minimum absolute atomic E-state index is 0.194. The monoisotopic (exact) mass is 399 g/mol. The van der Waals surface area contributed by atoms with Crippen LogP contribution >= 0.6 is 23.2 Å². The van der Waals surface area contributed by atoms with Crippen molar-refractivity contribution in [1.29, 1.82) is 0 Å². The van der Waals surface area contributed by atoms with E-state index in [0.717, 1.165) is 16.9 Å². The molecule has 1 N–H and O–H groups in total. The quantitative estimate of drug-likeness (QED) is 0.520. The lowest BCUT2D eigenvalue weighted by molar-refractivity contribution is 0.0922. The van der Waals surface area contributed by atoms with Gasteiger partial charge >= 0.3 is 0 Å². The average molecular weight is 400 g/mol. The van der Waals surface area contributed by atoms with E-state index in [1.807, 2.05) is 35.9 Å². The third kappa shape index (κ3) is 3.31. The fourth-order valence-corrected chi connectivity index (χ4v) is 3.29. The van der Waals surface area contributed by atoms with Gasteiger partial charge in [-0.1, -0.05) is 41.4 Å². The first-order valence-electron chi connectivity index (χ1n) is 8.27. The van der Waals surface area contributed by atoms with E-state index in [1.54, 1.807) is 30.3 Å². The second-order valence-electron chi connectivity index (χ2n) is 6.02. The number of aryl methyl sites for hydroxylation is 1. The Kier molecular flexibility index (Phi) is 4.64. The van der Waals surface area contributed by atoms with Crippen molar-refractivity contribution in [3.05, 3.63) is 76.2 Å². The van der Waals surface area contributed by atoms with Gasteiger partial charge in [0, 0.05) is 12.6 Å². The molecule has 0 saturated heterocycles. The number of benzene rings is 2. The highest BCUT2D eigenvalue weighted by atomic mass is 35.5. The summed E-state index contributed by atoms with van der Waals surface area (Å²) in [7, 11) is 1.92. The molecule has 4 rings (SSSR count). The molecule has 2 heterocycles. The predicted molar refractivity (Wildman–Crippen MR) is 106 cm³/mol. The number of nitrogens with zero attached hydrogens (tertiary/aromatic N) is 2. The van der Waals surface area contributed by atoms with Gasteiger partial charge in [0.15, 0.2) is 5.76 Å². The maximum Gasteiger partial charge on any atom is 0.287 e. The number of rotatable bonds is 4. The predicted octanol–water partition coefficient (Wildman–Crippen LogP) is 5.07. The summed E-state index contributed by atoms with van der Waals surface area (Å²) in [6.45, 7) is 0.290. The van der Waals surface area contributed by atoms with Crippen LogP contribution in [0.5, 0.6) is 0 Å². The molecule has 0 saturated carbocycles. The molecule has 0 unspecified atom stereocenters. The van der Waals surface area contributed by atoms with E-state index in [-0.39, 0.29) is 18.2 Å². The third-order valence-corrected chi connectivity index (χ3v) is 5.15. The zero-order valence-electron chi connectivity index (χ0n) is 14.4. The van der Waals surface area contributed by atoms with E-state index in [0.29, 0.717) is 21.4 Å². The number of hydrogen-bond acceptors (Lipinski definition) is 3. The van der Waals surface area contributed by atoms with Crippen molar-refractivity contribution >= 4 is 40.1 Å². The molecule has 0 aliphatic rings. The Hall–Kier alpha value is -2.76. The van der Waals surface area contributed by atoms with Crippen molar-refractivity contribution in [2.24, 2.45) is 7.05 Å². The molecule has 4 aromatic rings. The summed E-state index contributed by atoms with van der Waals surface area (Å²) >= 11 is 12.2. The Balaban J connectivity index is 1.51. The summed E-state index contributed by atoms with van der Waals surface area (Å²) in [5.74, 6) is 1.11. The molecule has 0 aliphatic heterocycles. The number of imidazole rings is 1. The van der Waals surface area contributed by atoms with E-state index < -0.39 is 0 Å². The Bertz CT molecular complexity index is 1150. The third-order valence-electron chi connectivity index (χ3n) is 4.33. The first-order valence-corrected chi connectivity index (χ1v) is 9.03. The van der Waals surface area contributed by atoms with Gasteiger partial charge in [0.05, 0.1) is 27.6 Å². The van der Waals surface area contributed by atoms with Crippen molar-refractivity contribution in [3.8, 4) is 11.3 Å². The average Bonchev–Trinajstić information content (AvgIpc) is 3.28. The molecular weight excluding hydrogens is 385 g/mol. The molecule has 0 aliphatic carbocycles. The number of aromatic nitrogens is 2. The van der Waals surface area contributed by atoms with Crippen LogP contribution in [0.15, 0.2) is 59.0 Å². The van der Waals surface area contributed by atoms with Gasteiger partial charge in [-0.25, -0.2) is 4.98 Å². The van der Waals surface area contributed by atoms with Crippen LogP contribution in [0.3, 0.4) is 0 Å². The van der Waals surface area contributed by atoms with Crippen molar-refractivity contribution < 1.29 is 9.21 Å². The number of furan rings is 1. The molecule has 2 aromatic carbocycles. The van der Waals surface area contributed by atoms with Crippen LogP contribution in [0.1, 0.15) is 16.4 Å². The van der Waals surface area contributed by atoms with Crippen molar-refractivity contribution in [3.63, 3.8) is 0 Å². The molecule has 2 aromatic heterocycles. The van der Waals surface area contributed by atoms with Crippen LogP contribution in [0.4, 0.5) is 0 Å². The lowest BCUT2D eigenvalue weighted by Gasteiger charge is -2.05. The number of fused-ring (bicyclic) bond motifs is 1. The van der Waals surface area contributed by atoms with Crippen molar-refractivity contribution in [1.82, 2.24) is 14.9 Å². The lowest BCUT2D eigenvalue weighted by Crippen LogP contribution is -2.23. The van der Waals surface area contributed by atoms with Crippen molar-refractivity contribution in [2.75, 3.05) is 0 Å². The number of para-hydroxylation sites is 2. The fourth-order valence-electron chi connectivity index (χ4n) is 2.90. The number of amides is 1. The van der Waals surface area contributed by atoms with Gasteiger partial charge in [-0.15, -0.1) is 0 Å². The van der Waals surface area contributed by atoms with E-state index >= 15 is 0 Å². The Morgan fingerprint density at radius 3 is 2.74 bits per heavy atom. The normalized spacial score (nSPS) is 11.1. The topological polar surface area (TPSA) is 60.1 Å². The van der Waals surface area contributed by atoms with Gasteiger partial charge in [0.1, 0.15) is 11.6 Å². The highest BCUT2D eigenvalue weighted by Gasteiger charge is 2.16. The zero-order chi connectivity index (χ0) is 19.0. The Labute approximate surface area is 165 Å². The van der Waals surface area contributed by atoms with E-state index in [1.165, 1.54) is 0 Å². The number of carbonyl (C=O) groups excluding carboxylic acids is 1. The Morgan fingerprint density at radius 1 is 1.11 bits per heavy atom. The highest BCUT2D eigenvalue weighted by Crippen LogP contribution is 2.34. The van der Waals surface area contributed by atoms with Crippen LogP contribution in [-0.2, 0) is 13.6 Å². The van der Waals surface area contributed by atoms with Crippen LogP contribution in [0.2, 0.25) is 10.0 Å². The summed E-state index contributed by atoms with van der Waals surface area (Å²) in [4.78, 5) is 17.0. The zero-order valence-corrected chi connectivity index (χ0v) is 15.9. The highest BCUT2D eigenvalue weighted by molar-refractivity contribution is 6.43. The second kappa shape index (κ2) is 7.10. The molecule has 5 nitrogen and oxygen atoms in total. The summed E-state index contributed by atoms with van der Waals surface area (Å²) in [6, 6.07) is 16.4. The first-order chi connectivity index (χ1) is 13.0. The van der Waals surface area contributed by atoms with E-state index in [9.17, 15) is 4.79 Å². The molecule has 136 valence electrons. The fraction of sp³-hybridized carbons (Fsp3) is 0.100. The lowest BCUT2D eigenvalue weighted by atomic mass is 10.2. The van der Waals surface area contributed by atoms with Crippen LogP contribution < -0.4 is 5.32 Å². The van der Waals surface area contributed by atoms with E-state index in [2.05, 4.69) is 10.3 Å². The molecule has 0 radical (unpaired) electrons. The van der Waals surface area contributed by atoms with Gasteiger partial charge in [-0.05, 0) is 36.4 Å². The number of halogens is 2. The molecule has 0 spiro atoms. The molecule has 7 heteroatoms. The summed E-state index contributed by atoms with van der Waals surface area (Å²) < 4.78 is 7.62. The smallest absolute Gasteiger partial charge is 0.287 e. The summed E-state index contributed by atoms with van der Waals surface area (Å²) in [5.41, 5.74) is 2.54. The van der Waals surface area contributed by atoms with Gasteiger partial charge in [0.25, 0.3) is 5.91 Å². The minimum atomic E-state index is -0.327. The number of hydrogen-bond donors (Lipinski definition) is 1. The largest absolute Gasteiger partial charge is 0.451 e. The summed E-state index contributed by atoms with van der Waals surface area (Å²) in [6.07, 6.45) is 0. The van der Waals surface area contributed by atoms with Gasteiger partial charge in [-0.2, -0.15) is 0 Å². The standard InChI is InChI=1S/C20H15Cl2N3O2/c1-25-15-8-3-2-7-14(15)24-18(25)11-23-20(26)17-10-9-16(27-17)12-5-4-6-13(21)19(12)22/h2-10H,11H2,1H3,(H,23,26). The van der Waals surface area contributed by atoms with Crippen LogP contribution in [0.25, 0.3) is 22.4 Å². The van der Waals surface area contributed by atoms with E-state index in [4.69, 9.17) is 27.6 Å². The molecule has 0 bridgehead atoms. The molecular formula is C20H15Cl2N3O2. The summed E-state index contributed by atoms with van der Waals surface area (Å²) in [5, 5.41) is 3.65. The second-order valence-corrected chi connectivity index (χ2v) is 6.81.